The lowest BCUT2D eigenvalue weighted by Crippen LogP contribution is -2.24. The Kier molecular flexibility index (Phi) is 4.11. The Morgan fingerprint density at radius 3 is 3.00 bits per heavy atom. The summed E-state index contributed by atoms with van der Waals surface area (Å²) in [6, 6.07) is 10.4. The molecule has 0 aliphatic carbocycles. The maximum atomic E-state index is 12.0. The Labute approximate surface area is 132 Å². The number of benzene rings is 1. The predicted molar refractivity (Wildman–Crippen MR) is 89.7 cm³/mol. The number of anilines is 1. The van der Waals surface area contributed by atoms with Gasteiger partial charge in [-0.25, -0.2) is 4.98 Å². The fourth-order valence-electron chi connectivity index (χ4n) is 2.54. The van der Waals surface area contributed by atoms with Crippen molar-refractivity contribution in [3.8, 4) is 0 Å². The molecule has 3 aromatic rings. The molecule has 0 spiro atoms. The van der Waals surface area contributed by atoms with Crippen LogP contribution in [0.5, 0.6) is 0 Å². The summed E-state index contributed by atoms with van der Waals surface area (Å²) in [4.78, 5) is 16.1. The first-order chi connectivity index (χ1) is 10.6. The molecule has 5 nitrogen and oxygen atoms in total. The zero-order valence-corrected chi connectivity index (χ0v) is 13.2. The summed E-state index contributed by atoms with van der Waals surface area (Å²) in [5.41, 5.74) is 8.71. The molecule has 3 rings (SSSR count). The van der Waals surface area contributed by atoms with Crippen LogP contribution in [0, 0.1) is 6.92 Å². The number of thiazole rings is 1. The Morgan fingerprint density at radius 2 is 2.23 bits per heavy atom. The van der Waals surface area contributed by atoms with Crippen LogP contribution in [0.3, 0.4) is 0 Å². The molecule has 0 aliphatic heterocycles. The second kappa shape index (κ2) is 6.19. The van der Waals surface area contributed by atoms with E-state index in [-0.39, 0.29) is 5.91 Å². The SMILES string of the molecule is Cc1cc2ccccc2n1CCC(=O)NCc1csc(N)n1. The van der Waals surface area contributed by atoms with Crippen molar-refractivity contribution in [1.29, 1.82) is 0 Å². The van der Waals surface area contributed by atoms with Crippen molar-refractivity contribution in [2.24, 2.45) is 0 Å². The van der Waals surface area contributed by atoms with Crippen LogP contribution in [0.1, 0.15) is 17.8 Å². The third kappa shape index (κ3) is 3.12. The highest BCUT2D eigenvalue weighted by atomic mass is 32.1. The standard InChI is InChI=1S/C16H18N4OS/c1-11-8-12-4-2-3-5-14(12)20(11)7-6-15(21)18-9-13-10-22-16(17)19-13/h2-5,8,10H,6-7,9H2,1H3,(H2,17,19)(H,18,21). The van der Waals surface area contributed by atoms with Gasteiger partial charge in [0.1, 0.15) is 0 Å². The first-order valence-corrected chi connectivity index (χ1v) is 8.03. The van der Waals surface area contributed by atoms with Crippen molar-refractivity contribution >= 4 is 33.3 Å². The van der Waals surface area contributed by atoms with Gasteiger partial charge in [0.15, 0.2) is 5.13 Å². The van der Waals surface area contributed by atoms with Gasteiger partial charge in [-0.3, -0.25) is 4.79 Å². The quantitative estimate of drug-likeness (QED) is 0.760. The van der Waals surface area contributed by atoms with Gasteiger partial charge in [0.05, 0.1) is 12.2 Å². The Balaban J connectivity index is 1.59. The van der Waals surface area contributed by atoms with Crippen LogP contribution in [-0.4, -0.2) is 15.5 Å². The summed E-state index contributed by atoms with van der Waals surface area (Å²) < 4.78 is 2.18. The second-order valence-corrected chi connectivity index (χ2v) is 6.09. The van der Waals surface area contributed by atoms with Gasteiger partial charge in [0, 0.05) is 29.6 Å². The van der Waals surface area contributed by atoms with E-state index >= 15 is 0 Å². The van der Waals surface area contributed by atoms with Gasteiger partial charge in [-0.05, 0) is 24.4 Å². The average Bonchev–Trinajstić information content (AvgIpc) is 3.05. The summed E-state index contributed by atoms with van der Waals surface area (Å²) in [6.45, 7) is 3.16. The third-order valence-electron chi connectivity index (χ3n) is 3.62. The second-order valence-electron chi connectivity index (χ2n) is 5.20. The summed E-state index contributed by atoms with van der Waals surface area (Å²) in [5.74, 6) is 0.0174. The van der Waals surface area contributed by atoms with Gasteiger partial charge < -0.3 is 15.6 Å². The summed E-state index contributed by atoms with van der Waals surface area (Å²) in [6.07, 6.45) is 0.444. The minimum Gasteiger partial charge on any atom is -0.375 e. The number of carbonyl (C=O) groups excluding carboxylic acids is 1. The number of nitrogens with two attached hydrogens (primary N) is 1. The van der Waals surface area contributed by atoms with Crippen molar-refractivity contribution in [3.05, 3.63) is 47.1 Å². The highest BCUT2D eigenvalue weighted by molar-refractivity contribution is 7.13. The molecule has 114 valence electrons. The fraction of sp³-hybridized carbons (Fsp3) is 0.250. The molecule has 0 atom stereocenters. The van der Waals surface area contributed by atoms with Crippen LogP contribution in [0.15, 0.2) is 35.7 Å². The van der Waals surface area contributed by atoms with E-state index in [1.54, 1.807) is 0 Å². The number of nitrogens with one attached hydrogen (secondary N) is 1. The molecule has 0 radical (unpaired) electrons. The van der Waals surface area contributed by atoms with Gasteiger partial charge in [0.25, 0.3) is 0 Å². The number of fused-ring (bicyclic) bond motifs is 1. The fourth-order valence-corrected chi connectivity index (χ4v) is 3.10. The van der Waals surface area contributed by atoms with Crippen LogP contribution in [0.25, 0.3) is 10.9 Å². The van der Waals surface area contributed by atoms with Gasteiger partial charge in [-0.15, -0.1) is 11.3 Å². The maximum absolute atomic E-state index is 12.0. The number of nitrogens with zero attached hydrogens (tertiary/aromatic N) is 2. The largest absolute Gasteiger partial charge is 0.375 e. The number of rotatable bonds is 5. The minimum atomic E-state index is 0.0174. The molecule has 0 bridgehead atoms. The van der Waals surface area contributed by atoms with Gasteiger partial charge in [-0.1, -0.05) is 18.2 Å². The van der Waals surface area contributed by atoms with Crippen LogP contribution < -0.4 is 11.1 Å². The van der Waals surface area contributed by atoms with E-state index in [4.69, 9.17) is 5.73 Å². The van der Waals surface area contributed by atoms with Crippen molar-refractivity contribution < 1.29 is 4.79 Å². The molecule has 0 fully saturated rings. The molecule has 2 aromatic heterocycles. The van der Waals surface area contributed by atoms with Gasteiger partial charge in [0.2, 0.25) is 5.91 Å². The van der Waals surface area contributed by atoms with Gasteiger partial charge in [-0.2, -0.15) is 0 Å². The van der Waals surface area contributed by atoms with E-state index in [9.17, 15) is 4.79 Å². The number of aromatic nitrogens is 2. The topological polar surface area (TPSA) is 72.9 Å². The summed E-state index contributed by atoms with van der Waals surface area (Å²) in [7, 11) is 0. The smallest absolute Gasteiger partial charge is 0.222 e. The van der Waals surface area contributed by atoms with Crippen LogP contribution in [0.4, 0.5) is 5.13 Å². The molecule has 6 heteroatoms. The molecule has 0 saturated heterocycles. The molecular weight excluding hydrogens is 296 g/mol. The van der Waals surface area contributed by atoms with E-state index in [2.05, 4.69) is 40.0 Å². The van der Waals surface area contributed by atoms with Crippen molar-refractivity contribution in [3.63, 3.8) is 0 Å². The van der Waals surface area contributed by atoms with Crippen LogP contribution in [-0.2, 0) is 17.9 Å². The molecular formula is C16H18N4OS. The normalized spacial score (nSPS) is 11.0. The molecule has 0 saturated carbocycles. The van der Waals surface area contributed by atoms with E-state index in [0.717, 1.165) is 5.69 Å². The number of amides is 1. The number of para-hydroxylation sites is 1. The predicted octanol–water partition coefficient (Wildman–Crippen LogP) is 2.69. The van der Waals surface area contributed by atoms with Crippen LogP contribution >= 0.6 is 11.3 Å². The lowest BCUT2D eigenvalue weighted by atomic mass is 10.2. The molecule has 0 aliphatic rings. The highest BCUT2D eigenvalue weighted by Crippen LogP contribution is 2.19. The number of nitrogen functional groups attached to an aromatic ring is 1. The lowest BCUT2D eigenvalue weighted by molar-refractivity contribution is -0.121. The van der Waals surface area contributed by atoms with E-state index < -0.39 is 0 Å². The number of carbonyl (C=O) groups is 1. The molecule has 0 unspecified atom stereocenters. The highest BCUT2D eigenvalue weighted by Gasteiger charge is 2.08. The zero-order chi connectivity index (χ0) is 15.5. The van der Waals surface area contributed by atoms with E-state index in [0.29, 0.717) is 24.6 Å². The average molecular weight is 314 g/mol. The summed E-state index contributed by atoms with van der Waals surface area (Å²) >= 11 is 1.38. The summed E-state index contributed by atoms with van der Waals surface area (Å²) in [5, 5.41) is 6.47. The van der Waals surface area contributed by atoms with Crippen molar-refractivity contribution in [2.45, 2.75) is 26.4 Å². The molecule has 1 amide bonds. The van der Waals surface area contributed by atoms with Gasteiger partial charge >= 0.3 is 0 Å². The van der Waals surface area contributed by atoms with E-state index in [1.165, 1.54) is 27.9 Å². The third-order valence-corrected chi connectivity index (χ3v) is 4.34. The van der Waals surface area contributed by atoms with Crippen molar-refractivity contribution in [1.82, 2.24) is 14.9 Å². The Morgan fingerprint density at radius 1 is 1.41 bits per heavy atom. The molecule has 2 heterocycles. The van der Waals surface area contributed by atoms with Crippen molar-refractivity contribution in [2.75, 3.05) is 5.73 Å². The van der Waals surface area contributed by atoms with Crippen LogP contribution in [0.2, 0.25) is 0 Å². The lowest BCUT2D eigenvalue weighted by Gasteiger charge is -2.08. The number of hydrogen-bond donors (Lipinski definition) is 2. The first kappa shape index (κ1) is 14.6. The monoisotopic (exact) mass is 314 g/mol. The molecule has 1 aromatic carbocycles. The Bertz CT molecular complexity index is 805. The Hall–Kier alpha value is -2.34. The maximum Gasteiger partial charge on any atom is 0.222 e. The minimum absolute atomic E-state index is 0.0174. The number of hydrogen-bond acceptors (Lipinski definition) is 4. The zero-order valence-electron chi connectivity index (χ0n) is 12.4. The first-order valence-electron chi connectivity index (χ1n) is 7.15. The number of aryl methyl sites for hydroxylation is 2. The molecule has 22 heavy (non-hydrogen) atoms. The van der Waals surface area contributed by atoms with E-state index in [1.807, 2.05) is 17.5 Å². The molecule has 3 N–H and O–H groups in total.